The average Bonchev–Trinajstić information content (AvgIpc) is 3.28. The number of nitrogens with zero attached hydrogens (tertiary/aromatic N) is 2. The molecule has 39 heavy (non-hydrogen) atoms. The van der Waals surface area contributed by atoms with Crippen molar-refractivity contribution in [3.05, 3.63) is 41.2 Å². The molecule has 206 valence electrons. The number of likely N-dealkylation sites (N-methyl/N-ethyl adjacent to an activating group) is 1. The Morgan fingerprint density at radius 1 is 1.08 bits per heavy atom. The van der Waals surface area contributed by atoms with Crippen LogP contribution < -0.4 is 5.73 Å². The van der Waals surface area contributed by atoms with Crippen LogP contribution in [0.4, 0.5) is 0 Å². The van der Waals surface area contributed by atoms with Crippen molar-refractivity contribution < 1.29 is 38.6 Å². The Balaban J connectivity index is 1.62. The summed E-state index contributed by atoms with van der Waals surface area (Å²) in [6, 6.07) is 5.45. The largest absolute Gasteiger partial charge is 0.507 e. The molecule has 6 atom stereocenters. The van der Waals surface area contributed by atoms with Gasteiger partial charge in [0, 0.05) is 11.5 Å². The standard InChI is InChI=1S/C28H31N3O8/c1-30(2)11-13-5-8-18(39-13)14-6-7-17(32)20-15(14)9-12-10-16-22(31(3)4)24(34)21(27(29)37)26(36)28(16,38)25(35)19(12)23(20)33/h5-8,12,16,19,21-22,32,38H,9-11H2,1-4H3,(H2,29,37). The predicted octanol–water partition coefficient (Wildman–Crippen LogP) is 0.189. The summed E-state index contributed by atoms with van der Waals surface area (Å²) < 4.78 is 6.01. The molecule has 2 fully saturated rings. The van der Waals surface area contributed by atoms with Crippen LogP contribution in [0.5, 0.6) is 5.75 Å². The summed E-state index contributed by atoms with van der Waals surface area (Å²) in [4.78, 5) is 69.7. The van der Waals surface area contributed by atoms with E-state index in [4.69, 9.17) is 10.2 Å². The number of Topliss-reactive ketones (excluding diaryl/α,β-unsaturated/α-hetero) is 4. The fourth-order valence-corrected chi connectivity index (χ4v) is 6.75. The number of aliphatic hydroxyl groups is 1. The van der Waals surface area contributed by atoms with Crippen molar-refractivity contribution in [2.24, 2.45) is 29.4 Å². The molecule has 0 aliphatic heterocycles. The molecule has 0 bridgehead atoms. The first kappa shape index (κ1) is 26.9. The summed E-state index contributed by atoms with van der Waals surface area (Å²) in [7, 11) is 6.90. The number of ketones is 4. The van der Waals surface area contributed by atoms with E-state index < -0.39 is 64.4 Å². The molecule has 2 saturated carbocycles. The van der Waals surface area contributed by atoms with Crippen LogP contribution in [-0.2, 0) is 32.1 Å². The Kier molecular flexibility index (Phi) is 6.36. The third-order valence-electron chi connectivity index (χ3n) is 8.34. The third-order valence-corrected chi connectivity index (χ3v) is 8.34. The lowest BCUT2D eigenvalue weighted by atomic mass is 9.52. The molecule has 2 aromatic rings. The lowest BCUT2D eigenvalue weighted by Gasteiger charge is -2.52. The Morgan fingerprint density at radius 3 is 2.38 bits per heavy atom. The van der Waals surface area contributed by atoms with Crippen molar-refractivity contribution in [1.29, 1.82) is 0 Å². The SMILES string of the molecule is CN(C)Cc1ccc(-c2ccc(O)c3c2CC2CC4C(N(C)C)C(=O)C(C(N)=O)C(=O)C4(O)C(=O)C2C3=O)o1. The number of phenolic OH excluding ortho intramolecular Hbond substituents is 1. The molecule has 11 nitrogen and oxygen atoms in total. The number of aromatic hydroxyl groups is 1. The van der Waals surface area contributed by atoms with Gasteiger partial charge >= 0.3 is 0 Å². The molecule has 1 heterocycles. The fraction of sp³-hybridized carbons (Fsp3) is 0.464. The van der Waals surface area contributed by atoms with Crippen molar-refractivity contribution in [1.82, 2.24) is 9.80 Å². The summed E-state index contributed by atoms with van der Waals surface area (Å²) in [5.74, 6) is -9.51. The fourth-order valence-electron chi connectivity index (χ4n) is 6.75. The van der Waals surface area contributed by atoms with E-state index in [-0.39, 0.29) is 24.2 Å². The minimum atomic E-state index is -2.74. The Labute approximate surface area is 224 Å². The van der Waals surface area contributed by atoms with Gasteiger partial charge in [-0.2, -0.15) is 0 Å². The van der Waals surface area contributed by atoms with Gasteiger partial charge in [-0.05, 0) is 76.8 Å². The number of phenols is 1. The number of nitrogens with two attached hydrogens (primary N) is 1. The first-order valence-electron chi connectivity index (χ1n) is 12.7. The minimum Gasteiger partial charge on any atom is -0.507 e. The van der Waals surface area contributed by atoms with E-state index in [1.165, 1.54) is 11.0 Å². The molecular weight excluding hydrogens is 506 g/mol. The molecule has 3 aliphatic carbocycles. The van der Waals surface area contributed by atoms with Gasteiger partial charge in [-0.1, -0.05) is 0 Å². The predicted molar refractivity (Wildman–Crippen MR) is 136 cm³/mol. The Morgan fingerprint density at radius 2 is 1.77 bits per heavy atom. The van der Waals surface area contributed by atoms with Crippen LogP contribution >= 0.6 is 0 Å². The summed E-state index contributed by atoms with van der Waals surface area (Å²) in [6.45, 7) is 0.555. The highest BCUT2D eigenvalue weighted by Gasteiger charge is 2.69. The zero-order valence-electron chi connectivity index (χ0n) is 22.1. The van der Waals surface area contributed by atoms with E-state index in [9.17, 15) is 34.2 Å². The van der Waals surface area contributed by atoms with Crippen molar-refractivity contribution in [2.75, 3.05) is 28.2 Å². The molecule has 1 aromatic heterocycles. The molecule has 6 unspecified atom stereocenters. The lowest BCUT2D eigenvalue weighted by molar-refractivity contribution is -0.181. The third kappa shape index (κ3) is 3.87. The number of furan rings is 1. The Bertz CT molecular complexity index is 1430. The maximum atomic E-state index is 13.9. The van der Waals surface area contributed by atoms with Gasteiger partial charge in [0.05, 0.1) is 24.1 Å². The van der Waals surface area contributed by atoms with Gasteiger partial charge in [-0.25, -0.2) is 0 Å². The number of fused-ring (bicyclic) bond motifs is 3. The van der Waals surface area contributed by atoms with Crippen LogP contribution in [0.25, 0.3) is 11.3 Å². The smallest absolute Gasteiger partial charge is 0.235 e. The maximum Gasteiger partial charge on any atom is 0.235 e. The van der Waals surface area contributed by atoms with E-state index in [0.717, 1.165) is 0 Å². The number of rotatable bonds is 5. The van der Waals surface area contributed by atoms with Crippen LogP contribution in [0.3, 0.4) is 0 Å². The van der Waals surface area contributed by atoms with Crippen LogP contribution in [0.15, 0.2) is 28.7 Å². The van der Waals surface area contributed by atoms with Gasteiger partial charge in [0.25, 0.3) is 0 Å². The maximum absolute atomic E-state index is 13.9. The highest BCUT2D eigenvalue weighted by atomic mass is 16.3. The lowest BCUT2D eigenvalue weighted by Crippen LogP contribution is -2.74. The van der Waals surface area contributed by atoms with E-state index in [0.29, 0.717) is 29.2 Å². The molecule has 5 rings (SSSR count). The molecule has 1 aromatic carbocycles. The van der Waals surface area contributed by atoms with Crippen LogP contribution in [0.1, 0.15) is 28.1 Å². The minimum absolute atomic E-state index is 0.0109. The summed E-state index contributed by atoms with van der Waals surface area (Å²) >= 11 is 0. The quantitative estimate of drug-likeness (QED) is 0.447. The molecule has 3 aliphatic rings. The van der Waals surface area contributed by atoms with Gasteiger partial charge < -0.3 is 25.3 Å². The van der Waals surface area contributed by atoms with Crippen LogP contribution in [-0.4, -0.2) is 88.9 Å². The van der Waals surface area contributed by atoms with E-state index >= 15 is 0 Å². The molecule has 1 amide bonds. The molecule has 0 spiro atoms. The first-order chi connectivity index (χ1) is 18.3. The van der Waals surface area contributed by atoms with Gasteiger partial charge in [0.2, 0.25) is 5.91 Å². The zero-order valence-corrected chi connectivity index (χ0v) is 22.1. The van der Waals surface area contributed by atoms with Gasteiger partial charge in [0.1, 0.15) is 17.3 Å². The number of hydrogen-bond acceptors (Lipinski definition) is 10. The number of primary amides is 1. The molecule has 0 saturated heterocycles. The number of hydrogen-bond donors (Lipinski definition) is 3. The van der Waals surface area contributed by atoms with E-state index in [2.05, 4.69) is 0 Å². The number of carbonyl (C=O) groups is 5. The van der Waals surface area contributed by atoms with Gasteiger partial charge in [-0.15, -0.1) is 0 Å². The van der Waals surface area contributed by atoms with Crippen molar-refractivity contribution in [3.63, 3.8) is 0 Å². The summed E-state index contributed by atoms with van der Waals surface area (Å²) in [6.07, 6.45) is 0.155. The van der Waals surface area contributed by atoms with Crippen molar-refractivity contribution in [3.8, 4) is 17.1 Å². The van der Waals surface area contributed by atoms with Crippen LogP contribution in [0.2, 0.25) is 0 Å². The van der Waals surface area contributed by atoms with E-state index in [1.54, 1.807) is 26.2 Å². The normalized spacial score (nSPS) is 30.4. The van der Waals surface area contributed by atoms with Crippen molar-refractivity contribution in [2.45, 2.75) is 31.0 Å². The second-order valence-electron chi connectivity index (χ2n) is 11.3. The average molecular weight is 538 g/mol. The monoisotopic (exact) mass is 537 g/mol. The number of benzene rings is 1. The topological polar surface area (TPSA) is 171 Å². The first-order valence-corrected chi connectivity index (χ1v) is 12.7. The molecule has 4 N–H and O–H groups in total. The second-order valence-corrected chi connectivity index (χ2v) is 11.3. The number of carbonyl (C=O) groups excluding carboxylic acids is 5. The van der Waals surface area contributed by atoms with Gasteiger partial charge in [-0.3, -0.25) is 28.9 Å². The summed E-state index contributed by atoms with van der Waals surface area (Å²) in [5, 5.41) is 22.3. The number of amides is 1. The highest BCUT2D eigenvalue weighted by molar-refractivity contribution is 6.32. The molecule has 11 heteroatoms. The van der Waals surface area contributed by atoms with Crippen molar-refractivity contribution >= 4 is 29.0 Å². The summed E-state index contributed by atoms with van der Waals surface area (Å²) in [5.41, 5.74) is 3.62. The molecular formula is C28H31N3O8. The van der Waals surface area contributed by atoms with Gasteiger partial charge in [0.15, 0.2) is 34.7 Å². The van der Waals surface area contributed by atoms with E-state index in [1.807, 2.05) is 25.1 Å². The highest BCUT2D eigenvalue weighted by Crippen LogP contribution is 2.51. The van der Waals surface area contributed by atoms with Crippen LogP contribution in [0, 0.1) is 23.7 Å². The second kappa shape index (κ2) is 9.22. The Hall–Kier alpha value is -3.67. The zero-order chi connectivity index (χ0) is 28.5. The molecule has 0 radical (unpaired) electrons.